The first-order valence-corrected chi connectivity index (χ1v) is 4.90. The van der Waals surface area contributed by atoms with E-state index >= 15 is 0 Å². The fourth-order valence-corrected chi connectivity index (χ4v) is 1.86. The second-order valence-corrected chi connectivity index (χ2v) is 3.71. The second kappa shape index (κ2) is 3.90. The van der Waals surface area contributed by atoms with Crippen LogP contribution in [0.4, 0.5) is 11.4 Å². The van der Waals surface area contributed by atoms with Gasteiger partial charge < -0.3 is 11.1 Å². The normalized spacial score (nSPS) is 18.8. The minimum absolute atomic E-state index is 0.0216. The Morgan fingerprint density at radius 1 is 1.56 bits per heavy atom. The summed E-state index contributed by atoms with van der Waals surface area (Å²) in [6, 6.07) is 4.40. The summed E-state index contributed by atoms with van der Waals surface area (Å²) in [4.78, 5) is 21.5. The van der Waals surface area contributed by atoms with Gasteiger partial charge >= 0.3 is 0 Å². The highest BCUT2D eigenvalue weighted by molar-refractivity contribution is 5.95. The fourth-order valence-electron chi connectivity index (χ4n) is 1.86. The molecular weight excluding hydrogens is 210 g/mol. The Bertz CT molecular complexity index is 459. The van der Waals surface area contributed by atoms with Gasteiger partial charge in [-0.2, -0.15) is 0 Å². The van der Waals surface area contributed by atoms with E-state index in [9.17, 15) is 14.9 Å². The van der Waals surface area contributed by atoms with Crippen molar-refractivity contribution in [1.82, 2.24) is 0 Å². The molecule has 0 spiro atoms. The van der Waals surface area contributed by atoms with E-state index in [4.69, 9.17) is 5.73 Å². The zero-order valence-corrected chi connectivity index (χ0v) is 8.47. The van der Waals surface area contributed by atoms with Gasteiger partial charge in [0.05, 0.1) is 4.92 Å². The highest BCUT2D eigenvalue weighted by Gasteiger charge is 2.25. The number of nitro benzene ring substituents is 1. The molecule has 0 aliphatic carbocycles. The minimum atomic E-state index is -0.454. The summed E-state index contributed by atoms with van der Waals surface area (Å²) in [5.41, 5.74) is 6.95. The zero-order chi connectivity index (χ0) is 11.7. The van der Waals surface area contributed by atoms with Gasteiger partial charge in [0.15, 0.2) is 0 Å². The van der Waals surface area contributed by atoms with E-state index in [0.29, 0.717) is 12.2 Å². The maximum Gasteiger partial charge on any atom is 0.269 e. The van der Waals surface area contributed by atoms with E-state index in [1.54, 1.807) is 6.07 Å². The van der Waals surface area contributed by atoms with E-state index in [1.807, 2.05) is 0 Å². The third-order valence-electron chi connectivity index (χ3n) is 2.68. The van der Waals surface area contributed by atoms with Gasteiger partial charge in [0.25, 0.3) is 5.69 Å². The molecule has 1 atom stereocenters. The van der Waals surface area contributed by atoms with E-state index < -0.39 is 4.92 Å². The largest absolute Gasteiger partial charge is 0.330 e. The molecular formula is C10H11N3O3. The number of hydrogen-bond donors (Lipinski definition) is 2. The number of anilines is 1. The Kier molecular flexibility index (Phi) is 2.57. The Labute approximate surface area is 91.6 Å². The molecule has 0 radical (unpaired) electrons. The number of non-ortho nitro benzene ring substituents is 1. The third kappa shape index (κ3) is 1.74. The molecule has 0 saturated heterocycles. The standard InChI is InChI=1S/C10H11N3O3/c11-5-6-3-10(14)12-9-2-1-7(13(15)16)4-8(6)9/h1-2,4,6H,3,5,11H2,(H,12,14). The smallest absolute Gasteiger partial charge is 0.269 e. The summed E-state index contributed by atoms with van der Waals surface area (Å²) in [7, 11) is 0. The summed E-state index contributed by atoms with van der Waals surface area (Å²) in [6.07, 6.45) is 0.282. The lowest BCUT2D eigenvalue weighted by Crippen LogP contribution is -2.27. The first kappa shape index (κ1) is 10.6. The lowest BCUT2D eigenvalue weighted by Gasteiger charge is -2.23. The molecule has 84 valence electrons. The first-order chi connectivity index (χ1) is 7.61. The molecule has 1 aromatic rings. The molecule has 6 nitrogen and oxygen atoms in total. The van der Waals surface area contributed by atoms with Crippen molar-refractivity contribution in [3.8, 4) is 0 Å². The monoisotopic (exact) mass is 221 g/mol. The lowest BCUT2D eigenvalue weighted by molar-refractivity contribution is -0.384. The Hall–Kier alpha value is -1.95. The van der Waals surface area contributed by atoms with Crippen molar-refractivity contribution in [1.29, 1.82) is 0 Å². The van der Waals surface area contributed by atoms with Crippen LogP contribution in [0.5, 0.6) is 0 Å². The summed E-state index contributed by atoms with van der Waals surface area (Å²) >= 11 is 0. The quantitative estimate of drug-likeness (QED) is 0.574. The molecule has 1 aromatic carbocycles. The lowest BCUT2D eigenvalue weighted by atomic mass is 9.90. The van der Waals surface area contributed by atoms with Crippen molar-refractivity contribution < 1.29 is 9.72 Å². The molecule has 3 N–H and O–H groups in total. The SMILES string of the molecule is NCC1CC(=O)Nc2ccc([N+](=O)[O-])cc21. The molecule has 0 aromatic heterocycles. The number of nitro groups is 1. The maximum absolute atomic E-state index is 11.3. The average Bonchev–Trinajstić information content (AvgIpc) is 2.27. The molecule has 0 fully saturated rings. The van der Waals surface area contributed by atoms with Crippen molar-refractivity contribution in [2.45, 2.75) is 12.3 Å². The highest BCUT2D eigenvalue weighted by atomic mass is 16.6. The molecule has 1 unspecified atom stereocenters. The molecule has 1 aliphatic rings. The number of nitrogens with one attached hydrogen (secondary N) is 1. The van der Waals surface area contributed by atoms with Crippen LogP contribution in [0.25, 0.3) is 0 Å². The molecule has 1 aliphatic heterocycles. The molecule has 0 bridgehead atoms. The van der Waals surface area contributed by atoms with Gasteiger partial charge in [-0.05, 0) is 18.2 Å². The fraction of sp³-hybridized carbons (Fsp3) is 0.300. The van der Waals surface area contributed by atoms with Crippen LogP contribution >= 0.6 is 0 Å². The Morgan fingerprint density at radius 3 is 2.94 bits per heavy atom. The number of fused-ring (bicyclic) bond motifs is 1. The average molecular weight is 221 g/mol. The number of hydrogen-bond acceptors (Lipinski definition) is 4. The number of carbonyl (C=O) groups is 1. The zero-order valence-electron chi connectivity index (χ0n) is 8.47. The second-order valence-electron chi connectivity index (χ2n) is 3.71. The van der Waals surface area contributed by atoms with Gasteiger partial charge in [0.2, 0.25) is 5.91 Å². The van der Waals surface area contributed by atoms with Gasteiger partial charge in [0, 0.05) is 30.2 Å². The van der Waals surface area contributed by atoms with Crippen LogP contribution in [0.2, 0.25) is 0 Å². The summed E-state index contributed by atoms with van der Waals surface area (Å²) in [5, 5.41) is 13.3. The highest BCUT2D eigenvalue weighted by Crippen LogP contribution is 2.33. The predicted octanol–water partition coefficient (Wildman–Crippen LogP) is 0.979. The van der Waals surface area contributed by atoms with Crippen LogP contribution in [0.1, 0.15) is 17.9 Å². The van der Waals surface area contributed by atoms with E-state index in [-0.39, 0.29) is 23.9 Å². The van der Waals surface area contributed by atoms with Crippen LogP contribution in [0, 0.1) is 10.1 Å². The summed E-state index contributed by atoms with van der Waals surface area (Å²) in [6.45, 7) is 0.307. The van der Waals surface area contributed by atoms with Gasteiger partial charge in [-0.1, -0.05) is 0 Å². The summed E-state index contributed by atoms with van der Waals surface area (Å²) < 4.78 is 0. The topological polar surface area (TPSA) is 98.3 Å². The third-order valence-corrected chi connectivity index (χ3v) is 2.68. The van der Waals surface area contributed by atoms with Crippen molar-refractivity contribution in [2.24, 2.45) is 5.73 Å². The molecule has 1 heterocycles. The van der Waals surface area contributed by atoms with Gasteiger partial charge in [-0.25, -0.2) is 0 Å². The number of rotatable bonds is 2. The van der Waals surface area contributed by atoms with Crippen LogP contribution < -0.4 is 11.1 Å². The van der Waals surface area contributed by atoms with Gasteiger partial charge in [-0.3, -0.25) is 14.9 Å². The van der Waals surface area contributed by atoms with Gasteiger partial charge in [-0.15, -0.1) is 0 Å². The molecule has 6 heteroatoms. The minimum Gasteiger partial charge on any atom is -0.330 e. The molecule has 16 heavy (non-hydrogen) atoms. The van der Waals surface area contributed by atoms with E-state index in [1.165, 1.54) is 12.1 Å². The molecule has 1 amide bonds. The van der Waals surface area contributed by atoms with E-state index in [0.717, 1.165) is 5.56 Å². The van der Waals surface area contributed by atoms with Crippen LogP contribution in [-0.4, -0.2) is 17.4 Å². The number of nitrogens with two attached hydrogens (primary N) is 1. The van der Waals surface area contributed by atoms with Crippen LogP contribution in [0.3, 0.4) is 0 Å². The molecule has 2 rings (SSSR count). The van der Waals surface area contributed by atoms with Crippen molar-refractivity contribution in [3.63, 3.8) is 0 Å². The molecule has 0 saturated carbocycles. The number of benzene rings is 1. The predicted molar refractivity (Wildman–Crippen MR) is 58.1 cm³/mol. The Balaban J connectivity index is 2.47. The first-order valence-electron chi connectivity index (χ1n) is 4.90. The van der Waals surface area contributed by atoms with Gasteiger partial charge in [0.1, 0.15) is 0 Å². The Morgan fingerprint density at radius 2 is 2.31 bits per heavy atom. The summed E-state index contributed by atoms with van der Waals surface area (Å²) in [5.74, 6) is -0.236. The van der Waals surface area contributed by atoms with Crippen molar-refractivity contribution in [3.05, 3.63) is 33.9 Å². The van der Waals surface area contributed by atoms with Crippen molar-refractivity contribution >= 4 is 17.3 Å². The maximum atomic E-state index is 11.3. The van der Waals surface area contributed by atoms with Crippen LogP contribution in [0.15, 0.2) is 18.2 Å². The van der Waals surface area contributed by atoms with E-state index in [2.05, 4.69) is 5.32 Å². The number of nitrogens with zero attached hydrogens (tertiary/aromatic N) is 1. The van der Waals surface area contributed by atoms with Crippen LogP contribution in [-0.2, 0) is 4.79 Å². The number of carbonyl (C=O) groups excluding carboxylic acids is 1. The number of amides is 1. The van der Waals surface area contributed by atoms with Crippen molar-refractivity contribution in [2.75, 3.05) is 11.9 Å².